The fourth-order valence-electron chi connectivity index (χ4n) is 4.39. The molecule has 200 valence electrons. The zero-order valence-electron chi connectivity index (χ0n) is 20.8. The van der Waals surface area contributed by atoms with Gasteiger partial charge in [-0.3, -0.25) is 14.6 Å². The van der Waals surface area contributed by atoms with E-state index < -0.39 is 17.6 Å². The van der Waals surface area contributed by atoms with Crippen molar-refractivity contribution in [3.63, 3.8) is 0 Å². The van der Waals surface area contributed by atoms with E-state index in [0.29, 0.717) is 22.3 Å². The van der Waals surface area contributed by atoms with E-state index in [0.717, 1.165) is 18.3 Å². The summed E-state index contributed by atoms with van der Waals surface area (Å²) in [5.74, 6) is -0.532. The SMILES string of the molecule is Cn1ncc2c1CCCC2.Nc1ncnc2n[nH]c(-c3ccc(C(=O)Nc4cc(C(F)(F)F)ccn4)cc3)c12. The van der Waals surface area contributed by atoms with Crippen molar-refractivity contribution in [2.75, 3.05) is 11.1 Å². The molecule has 4 N–H and O–H groups in total. The minimum absolute atomic E-state index is 0.196. The first-order valence-corrected chi connectivity index (χ1v) is 12.1. The molecular formula is C26H24F3N9O. The summed E-state index contributed by atoms with van der Waals surface area (Å²) in [7, 11) is 2.03. The maximum absolute atomic E-state index is 12.8. The molecule has 0 saturated carbocycles. The fraction of sp³-hybridized carbons (Fsp3) is 0.231. The van der Waals surface area contributed by atoms with Gasteiger partial charge in [0, 0.05) is 30.1 Å². The first kappa shape index (κ1) is 25.8. The molecule has 0 atom stereocenters. The topological polar surface area (TPSA) is 140 Å². The van der Waals surface area contributed by atoms with Crippen LogP contribution in [0, 0.1) is 0 Å². The first-order chi connectivity index (χ1) is 18.7. The van der Waals surface area contributed by atoms with Crippen LogP contribution in [0.15, 0.2) is 55.1 Å². The summed E-state index contributed by atoms with van der Waals surface area (Å²) in [5, 5.41) is 14.0. The molecule has 1 amide bonds. The number of H-pyrrole nitrogens is 1. The number of aromatic amines is 1. The Morgan fingerprint density at radius 3 is 2.59 bits per heavy atom. The molecule has 0 radical (unpaired) electrons. The maximum Gasteiger partial charge on any atom is 0.416 e. The number of pyridine rings is 1. The number of nitrogens with one attached hydrogen (secondary N) is 2. The van der Waals surface area contributed by atoms with Crippen LogP contribution in [-0.2, 0) is 26.1 Å². The van der Waals surface area contributed by atoms with Gasteiger partial charge in [0.25, 0.3) is 5.91 Å². The van der Waals surface area contributed by atoms with Gasteiger partial charge in [-0.2, -0.15) is 23.4 Å². The van der Waals surface area contributed by atoms with E-state index >= 15 is 0 Å². The summed E-state index contributed by atoms with van der Waals surface area (Å²) in [6.45, 7) is 0. The average molecular weight is 536 g/mol. The van der Waals surface area contributed by atoms with Gasteiger partial charge in [0.1, 0.15) is 18.0 Å². The molecule has 0 aliphatic heterocycles. The van der Waals surface area contributed by atoms with E-state index in [9.17, 15) is 18.0 Å². The minimum Gasteiger partial charge on any atom is -0.383 e. The van der Waals surface area contributed by atoms with Gasteiger partial charge in [-0.1, -0.05) is 12.1 Å². The number of aryl methyl sites for hydroxylation is 2. The highest BCUT2D eigenvalue weighted by molar-refractivity contribution is 6.04. The summed E-state index contributed by atoms with van der Waals surface area (Å²) >= 11 is 0. The molecule has 4 aromatic heterocycles. The molecule has 0 unspecified atom stereocenters. The number of fused-ring (bicyclic) bond motifs is 2. The second kappa shape index (κ2) is 10.5. The Bertz CT molecular complexity index is 1620. The van der Waals surface area contributed by atoms with E-state index in [4.69, 9.17) is 5.73 Å². The Morgan fingerprint density at radius 2 is 1.85 bits per heavy atom. The molecule has 0 spiro atoms. The van der Waals surface area contributed by atoms with Crippen LogP contribution in [-0.4, -0.2) is 40.8 Å². The highest BCUT2D eigenvalue weighted by Gasteiger charge is 2.30. The number of amides is 1. The molecule has 10 nitrogen and oxygen atoms in total. The van der Waals surface area contributed by atoms with Crippen LogP contribution in [0.2, 0.25) is 0 Å². The number of carbonyl (C=O) groups excluding carboxylic acids is 1. The van der Waals surface area contributed by atoms with Crippen molar-refractivity contribution < 1.29 is 18.0 Å². The lowest BCUT2D eigenvalue weighted by Gasteiger charge is -2.10. The molecule has 0 fully saturated rings. The van der Waals surface area contributed by atoms with Gasteiger partial charge in [-0.05, 0) is 55.5 Å². The van der Waals surface area contributed by atoms with Crippen LogP contribution < -0.4 is 11.1 Å². The van der Waals surface area contributed by atoms with E-state index in [1.807, 2.05) is 17.9 Å². The molecular weight excluding hydrogens is 511 g/mol. The third kappa shape index (κ3) is 5.56. The Morgan fingerprint density at radius 1 is 1.08 bits per heavy atom. The molecule has 0 bridgehead atoms. The Hall–Kier alpha value is -4.81. The normalized spacial score (nSPS) is 12.9. The quantitative estimate of drug-likeness (QED) is 0.307. The number of hydrogen-bond donors (Lipinski definition) is 3. The lowest BCUT2D eigenvalue weighted by atomic mass is 9.98. The number of alkyl halides is 3. The molecule has 13 heteroatoms. The van der Waals surface area contributed by atoms with Gasteiger partial charge < -0.3 is 11.1 Å². The highest BCUT2D eigenvalue weighted by Crippen LogP contribution is 2.31. The van der Waals surface area contributed by atoms with Gasteiger partial charge in [0.2, 0.25) is 0 Å². The highest BCUT2D eigenvalue weighted by atomic mass is 19.4. The van der Waals surface area contributed by atoms with E-state index in [1.165, 1.54) is 55.4 Å². The molecule has 0 saturated heterocycles. The smallest absolute Gasteiger partial charge is 0.383 e. The molecule has 39 heavy (non-hydrogen) atoms. The van der Waals surface area contributed by atoms with Crippen molar-refractivity contribution in [1.82, 2.24) is 34.9 Å². The molecule has 1 aliphatic carbocycles. The molecule has 1 aromatic carbocycles. The number of nitrogens with two attached hydrogens (primary N) is 1. The number of anilines is 2. The number of halogens is 3. The predicted octanol–water partition coefficient (Wildman–Crippen LogP) is 4.57. The van der Waals surface area contributed by atoms with Crippen molar-refractivity contribution in [3.8, 4) is 11.3 Å². The summed E-state index contributed by atoms with van der Waals surface area (Å²) < 4.78 is 40.3. The van der Waals surface area contributed by atoms with Gasteiger partial charge in [0.05, 0.1) is 22.8 Å². The fourth-order valence-corrected chi connectivity index (χ4v) is 4.39. The van der Waals surface area contributed by atoms with E-state index in [1.54, 1.807) is 12.1 Å². The van der Waals surface area contributed by atoms with Gasteiger partial charge in [-0.25, -0.2) is 15.0 Å². The summed E-state index contributed by atoms with van der Waals surface area (Å²) in [6, 6.07) is 7.93. The monoisotopic (exact) mass is 535 g/mol. The Labute approximate surface area is 220 Å². The second-order valence-corrected chi connectivity index (χ2v) is 8.96. The van der Waals surface area contributed by atoms with Crippen molar-refractivity contribution in [2.45, 2.75) is 31.9 Å². The number of nitrogens with zero attached hydrogens (tertiary/aromatic N) is 6. The molecule has 1 aliphatic rings. The van der Waals surface area contributed by atoms with E-state index in [2.05, 4.69) is 35.6 Å². The number of aromatic nitrogens is 7. The number of carbonyl (C=O) groups is 1. The summed E-state index contributed by atoms with van der Waals surface area (Å²) in [4.78, 5) is 24.1. The van der Waals surface area contributed by atoms with Crippen LogP contribution in [0.25, 0.3) is 22.3 Å². The zero-order valence-corrected chi connectivity index (χ0v) is 20.8. The van der Waals surface area contributed by atoms with Crippen LogP contribution in [0.1, 0.15) is 40.0 Å². The largest absolute Gasteiger partial charge is 0.416 e. The number of rotatable bonds is 3. The van der Waals surface area contributed by atoms with Crippen LogP contribution >= 0.6 is 0 Å². The van der Waals surface area contributed by atoms with Gasteiger partial charge in [0.15, 0.2) is 5.65 Å². The minimum atomic E-state index is -4.53. The third-order valence-electron chi connectivity index (χ3n) is 6.40. The average Bonchev–Trinajstić information content (AvgIpc) is 3.54. The lowest BCUT2D eigenvalue weighted by Crippen LogP contribution is -2.14. The first-order valence-electron chi connectivity index (χ1n) is 12.1. The Kier molecular flexibility index (Phi) is 6.96. The van der Waals surface area contributed by atoms with Crippen LogP contribution in [0.5, 0.6) is 0 Å². The van der Waals surface area contributed by atoms with Crippen molar-refractivity contribution in [1.29, 1.82) is 0 Å². The van der Waals surface area contributed by atoms with Crippen molar-refractivity contribution in [3.05, 3.63) is 77.5 Å². The molecule has 5 aromatic rings. The van der Waals surface area contributed by atoms with Crippen LogP contribution in [0.3, 0.4) is 0 Å². The number of benzene rings is 1. The summed E-state index contributed by atoms with van der Waals surface area (Å²) in [5.41, 5.74) is 9.82. The third-order valence-corrected chi connectivity index (χ3v) is 6.40. The van der Waals surface area contributed by atoms with Gasteiger partial charge in [-0.15, -0.1) is 0 Å². The van der Waals surface area contributed by atoms with Crippen LogP contribution in [0.4, 0.5) is 24.8 Å². The Balaban J connectivity index is 0.000000257. The van der Waals surface area contributed by atoms with E-state index in [-0.39, 0.29) is 17.2 Å². The zero-order chi connectivity index (χ0) is 27.6. The summed E-state index contributed by atoms with van der Waals surface area (Å²) in [6.07, 6.45) is 4.92. The molecule has 4 heterocycles. The maximum atomic E-state index is 12.8. The molecule has 6 rings (SSSR count). The lowest BCUT2D eigenvalue weighted by molar-refractivity contribution is -0.137. The number of hydrogen-bond acceptors (Lipinski definition) is 7. The predicted molar refractivity (Wildman–Crippen MR) is 139 cm³/mol. The van der Waals surface area contributed by atoms with Gasteiger partial charge >= 0.3 is 6.18 Å². The second-order valence-electron chi connectivity index (χ2n) is 8.96. The number of nitrogen functional groups attached to an aromatic ring is 1. The van der Waals surface area contributed by atoms with Crippen molar-refractivity contribution >= 4 is 28.6 Å². The van der Waals surface area contributed by atoms with Crippen molar-refractivity contribution in [2.24, 2.45) is 7.05 Å². The standard InChI is InChI=1S/C18H12F3N7O.C8H12N2/c19-18(20,21)11-5-6-23-12(7-11)26-17(29)10-3-1-9(2-4-10)14-13-15(22)24-8-25-16(13)28-27-14;1-10-8-5-3-2-4-7(8)6-9-10/h1-8H,(H,23,26,29)(H3,22,24,25,27,28);6H,2-5H2,1H3.